The van der Waals surface area contributed by atoms with E-state index in [-0.39, 0.29) is 18.3 Å². The normalized spacial score (nSPS) is 11.1. The van der Waals surface area contributed by atoms with E-state index >= 15 is 0 Å². The minimum atomic E-state index is -0.353. The molecule has 0 saturated heterocycles. The smallest absolute Gasteiger partial charge is 0.326 e. The van der Waals surface area contributed by atoms with Crippen LogP contribution in [0.5, 0.6) is 0 Å². The Kier molecular flexibility index (Phi) is 4.64. The maximum absolute atomic E-state index is 12.1. The van der Waals surface area contributed by atoms with Gasteiger partial charge in [0.2, 0.25) is 0 Å². The summed E-state index contributed by atoms with van der Waals surface area (Å²) in [5.41, 5.74) is 6.95. The lowest BCUT2D eigenvalue weighted by Crippen LogP contribution is -2.14. The van der Waals surface area contributed by atoms with Crippen molar-refractivity contribution in [2.75, 3.05) is 12.3 Å². The Morgan fingerprint density at radius 2 is 2.00 bits per heavy atom. The quantitative estimate of drug-likeness (QED) is 0.532. The van der Waals surface area contributed by atoms with Gasteiger partial charge in [-0.2, -0.15) is 0 Å². The average Bonchev–Trinajstić information content (AvgIpc) is 3.01. The van der Waals surface area contributed by atoms with E-state index in [0.717, 1.165) is 15.7 Å². The van der Waals surface area contributed by atoms with Gasteiger partial charge in [0.1, 0.15) is 12.9 Å². The maximum atomic E-state index is 12.1. The summed E-state index contributed by atoms with van der Waals surface area (Å²) in [4.78, 5) is 26.0. The molecule has 7 nitrogen and oxygen atoms in total. The van der Waals surface area contributed by atoms with Crippen LogP contribution in [0.1, 0.15) is 6.92 Å². The molecule has 0 aliphatic rings. The zero-order chi connectivity index (χ0) is 18.8. The number of fused-ring (bicyclic) bond motifs is 2. The molecule has 2 N–H and O–H groups in total. The van der Waals surface area contributed by atoms with Crippen molar-refractivity contribution in [3.05, 3.63) is 48.8 Å². The molecular formula is C19H17N5O2S. The van der Waals surface area contributed by atoms with E-state index in [0.29, 0.717) is 22.9 Å². The molecule has 0 amide bonds. The fraction of sp³-hybridized carbons (Fsp3) is 0.158. The van der Waals surface area contributed by atoms with Crippen molar-refractivity contribution < 1.29 is 9.53 Å². The molecule has 0 unspecified atom stereocenters. The molecule has 4 aromatic rings. The SMILES string of the molecule is CCOC(=O)Cn1c(Sc2cccc3ccccc23)nc2c(N)ncnc21. The summed E-state index contributed by atoms with van der Waals surface area (Å²) in [5, 5.41) is 2.86. The van der Waals surface area contributed by atoms with Crippen LogP contribution < -0.4 is 5.73 Å². The molecular weight excluding hydrogens is 362 g/mol. The number of anilines is 1. The maximum Gasteiger partial charge on any atom is 0.326 e. The Labute approximate surface area is 159 Å². The summed E-state index contributed by atoms with van der Waals surface area (Å²) in [6.45, 7) is 2.10. The molecule has 0 radical (unpaired) electrons. The number of benzene rings is 2. The van der Waals surface area contributed by atoms with Gasteiger partial charge in [0, 0.05) is 4.90 Å². The van der Waals surface area contributed by atoms with Crippen LogP contribution in [0.2, 0.25) is 0 Å². The predicted molar refractivity (Wildman–Crippen MR) is 104 cm³/mol. The van der Waals surface area contributed by atoms with E-state index in [1.807, 2.05) is 24.3 Å². The number of nitrogens with zero attached hydrogens (tertiary/aromatic N) is 4. The van der Waals surface area contributed by atoms with Gasteiger partial charge < -0.3 is 10.5 Å². The first-order valence-corrected chi connectivity index (χ1v) is 9.27. The van der Waals surface area contributed by atoms with Crippen LogP contribution in [0.15, 0.2) is 58.8 Å². The predicted octanol–water partition coefficient (Wildman–Crippen LogP) is 3.28. The van der Waals surface area contributed by atoms with E-state index in [2.05, 4.69) is 33.2 Å². The Hall–Kier alpha value is -3.13. The van der Waals surface area contributed by atoms with E-state index in [4.69, 9.17) is 10.5 Å². The molecule has 2 heterocycles. The lowest BCUT2D eigenvalue weighted by Gasteiger charge is -2.09. The molecule has 2 aromatic heterocycles. The first kappa shape index (κ1) is 17.3. The summed E-state index contributed by atoms with van der Waals surface area (Å²) < 4.78 is 6.82. The molecule has 136 valence electrons. The zero-order valence-electron chi connectivity index (χ0n) is 14.6. The summed E-state index contributed by atoms with van der Waals surface area (Å²) in [6, 6.07) is 14.2. The van der Waals surface area contributed by atoms with E-state index in [1.54, 1.807) is 11.5 Å². The fourth-order valence-corrected chi connectivity index (χ4v) is 3.91. The van der Waals surface area contributed by atoms with Crippen LogP contribution in [0, 0.1) is 0 Å². The van der Waals surface area contributed by atoms with Gasteiger partial charge >= 0.3 is 5.97 Å². The van der Waals surface area contributed by atoms with Crippen LogP contribution in [0.3, 0.4) is 0 Å². The topological polar surface area (TPSA) is 95.9 Å². The number of rotatable bonds is 5. The van der Waals surface area contributed by atoms with Crippen LogP contribution >= 0.6 is 11.8 Å². The van der Waals surface area contributed by atoms with E-state index < -0.39 is 0 Å². The van der Waals surface area contributed by atoms with Gasteiger partial charge in [0.25, 0.3) is 0 Å². The number of nitrogen functional groups attached to an aromatic ring is 1. The van der Waals surface area contributed by atoms with Gasteiger partial charge in [-0.05, 0) is 23.8 Å². The number of esters is 1. The second kappa shape index (κ2) is 7.24. The summed E-state index contributed by atoms with van der Waals surface area (Å²) in [6.07, 6.45) is 1.37. The molecule has 8 heteroatoms. The highest BCUT2D eigenvalue weighted by atomic mass is 32.2. The Bertz CT molecular complexity index is 1140. The molecule has 0 saturated carbocycles. The first-order chi connectivity index (χ1) is 13.2. The number of imidazole rings is 1. The third kappa shape index (κ3) is 3.31. The molecule has 27 heavy (non-hydrogen) atoms. The van der Waals surface area contributed by atoms with Crippen molar-refractivity contribution in [3.8, 4) is 0 Å². The molecule has 2 aromatic carbocycles. The molecule has 0 bridgehead atoms. The lowest BCUT2D eigenvalue weighted by molar-refractivity contribution is -0.143. The summed E-state index contributed by atoms with van der Waals surface area (Å²) in [5.74, 6) is -0.0730. The summed E-state index contributed by atoms with van der Waals surface area (Å²) >= 11 is 1.46. The Balaban J connectivity index is 1.82. The van der Waals surface area contributed by atoms with Crippen molar-refractivity contribution in [2.45, 2.75) is 23.5 Å². The number of carbonyl (C=O) groups is 1. The number of hydrogen-bond donors (Lipinski definition) is 1. The van der Waals surface area contributed by atoms with Crippen molar-refractivity contribution in [3.63, 3.8) is 0 Å². The Morgan fingerprint density at radius 3 is 2.85 bits per heavy atom. The zero-order valence-corrected chi connectivity index (χ0v) is 15.4. The molecule has 0 aliphatic carbocycles. The standard InChI is InChI=1S/C19H17N5O2S/c1-2-26-15(25)10-24-18-16(17(20)21-11-22-18)23-19(24)27-14-9-5-7-12-6-3-4-8-13(12)14/h3-9,11H,2,10H2,1H3,(H2,20,21,22). The number of nitrogens with two attached hydrogens (primary N) is 1. The van der Waals surface area contributed by atoms with E-state index in [1.165, 1.54) is 18.1 Å². The van der Waals surface area contributed by atoms with Gasteiger partial charge in [-0.15, -0.1) is 0 Å². The van der Waals surface area contributed by atoms with Crippen molar-refractivity contribution in [2.24, 2.45) is 0 Å². The van der Waals surface area contributed by atoms with Gasteiger partial charge in [0.15, 0.2) is 22.1 Å². The average molecular weight is 379 g/mol. The molecule has 0 fully saturated rings. The van der Waals surface area contributed by atoms with Crippen LogP contribution in [0.25, 0.3) is 21.9 Å². The van der Waals surface area contributed by atoms with Gasteiger partial charge in [-0.3, -0.25) is 9.36 Å². The minimum Gasteiger partial charge on any atom is -0.465 e. The van der Waals surface area contributed by atoms with Crippen LogP contribution in [-0.2, 0) is 16.1 Å². The molecule has 4 rings (SSSR count). The van der Waals surface area contributed by atoms with Crippen molar-refractivity contribution in [1.29, 1.82) is 0 Å². The van der Waals surface area contributed by atoms with Gasteiger partial charge in [-0.25, -0.2) is 15.0 Å². The lowest BCUT2D eigenvalue weighted by atomic mass is 10.1. The number of aromatic nitrogens is 4. The number of hydrogen-bond acceptors (Lipinski definition) is 7. The Morgan fingerprint density at radius 1 is 1.19 bits per heavy atom. The second-order valence-electron chi connectivity index (χ2n) is 5.80. The van der Waals surface area contributed by atoms with Crippen LogP contribution in [-0.4, -0.2) is 32.1 Å². The van der Waals surface area contributed by atoms with Crippen LogP contribution in [0.4, 0.5) is 5.82 Å². The molecule has 0 spiro atoms. The number of carbonyl (C=O) groups excluding carboxylic acids is 1. The van der Waals surface area contributed by atoms with Crippen molar-refractivity contribution in [1.82, 2.24) is 19.5 Å². The molecule has 0 atom stereocenters. The van der Waals surface area contributed by atoms with Gasteiger partial charge in [-0.1, -0.05) is 48.2 Å². The van der Waals surface area contributed by atoms with Gasteiger partial charge in [0.05, 0.1) is 6.61 Å². The monoisotopic (exact) mass is 379 g/mol. The third-order valence-corrected chi connectivity index (χ3v) is 5.14. The largest absolute Gasteiger partial charge is 0.465 e. The first-order valence-electron chi connectivity index (χ1n) is 8.45. The highest BCUT2D eigenvalue weighted by molar-refractivity contribution is 7.99. The fourth-order valence-electron chi connectivity index (χ4n) is 2.87. The third-order valence-electron chi connectivity index (χ3n) is 4.07. The second-order valence-corrected chi connectivity index (χ2v) is 6.81. The summed E-state index contributed by atoms with van der Waals surface area (Å²) in [7, 11) is 0. The van der Waals surface area contributed by atoms with Crippen molar-refractivity contribution >= 4 is 45.5 Å². The highest BCUT2D eigenvalue weighted by Gasteiger charge is 2.19. The minimum absolute atomic E-state index is 0.00783. The molecule has 0 aliphatic heterocycles. The van der Waals surface area contributed by atoms with E-state index in [9.17, 15) is 4.79 Å². The highest BCUT2D eigenvalue weighted by Crippen LogP contribution is 2.35. The number of ether oxygens (including phenoxy) is 1.